The molecule has 11 heteroatoms. The van der Waals surface area contributed by atoms with Gasteiger partial charge in [0.1, 0.15) is 0 Å². The van der Waals surface area contributed by atoms with Crippen molar-refractivity contribution in [2.24, 2.45) is 0 Å². The Bertz CT molecular complexity index is 1450. The average molecular weight is 626 g/mol. The summed E-state index contributed by atoms with van der Waals surface area (Å²) in [5, 5.41) is 0.172. The third-order valence-electron chi connectivity index (χ3n) is 6.28. The van der Waals surface area contributed by atoms with Crippen LogP contribution in [0.1, 0.15) is 34.3 Å². The number of likely N-dealkylation sites (tertiary alicyclic amines) is 1. The third kappa shape index (κ3) is 6.66. The first kappa shape index (κ1) is 28.4. The van der Waals surface area contributed by atoms with Gasteiger partial charge < -0.3 is 14.4 Å². The van der Waals surface area contributed by atoms with E-state index >= 15 is 0 Å². The Balaban J connectivity index is 1.39. The summed E-state index contributed by atoms with van der Waals surface area (Å²) < 4.78 is 54.1. The van der Waals surface area contributed by atoms with E-state index in [4.69, 9.17) is 21.1 Å². The molecule has 3 aromatic rings. The van der Waals surface area contributed by atoms with Crippen molar-refractivity contribution in [3.8, 4) is 5.75 Å². The van der Waals surface area contributed by atoms with E-state index in [1.807, 2.05) is 13.0 Å². The zero-order valence-corrected chi connectivity index (χ0v) is 24.0. The van der Waals surface area contributed by atoms with E-state index in [1.165, 1.54) is 31.4 Å². The predicted octanol–water partition coefficient (Wildman–Crippen LogP) is 6.18. The van der Waals surface area contributed by atoms with Gasteiger partial charge >= 0.3 is 0 Å². The summed E-state index contributed by atoms with van der Waals surface area (Å²) >= 11 is 9.67. The van der Waals surface area contributed by atoms with E-state index in [-0.39, 0.29) is 39.8 Å². The topological polar surface area (TPSA) is 84.9 Å². The Morgan fingerprint density at radius 1 is 1.13 bits per heavy atom. The molecule has 1 N–H and O–H groups in total. The van der Waals surface area contributed by atoms with Gasteiger partial charge in [-0.3, -0.25) is 9.52 Å². The van der Waals surface area contributed by atoms with Crippen molar-refractivity contribution in [3.63, 3.8) is 0 Å². The monoisotopic (exact) mass is 624 g/mol. The molecule has 4 rings (SSSR count). The van der Waals surface area contributed by atoms with Gasteiger partial charge in [0.05, 0.1) is 41.0 Å². The number of ether oxygens (including phenoxy) is 2. The van der Waals surface area contributed by atoms with Crippen molar-refractivity contribution in [1.82, 2.24) is 4.90 Å². The van der Waals surface area contributed by atoms with E-state index in [0.717, 1.165) is 5.56 Å². The van der Waals surface area contributed by atoms with Crippen LogP contribution in [0.2, 0.25) is 5.02 Å². The fourth-order valence-corrected chi connectivity index (χ4v) is 5.94. The van der Waals surface area contributed by atoms with Crippen LogP contribution in [-0.4, -0.2) is 45.5 Å². The number of amides is 1. The Morgan fingerprint density at radius 3 is 2.55 bits per heavy atom. The minimum absolute atomic E-state index is 0.0661. The van der Waals surface area contributed by atoms with Crippen LogP contribution in [0.3, 0.4) is 0 Å². The molecule has 0 spiro atoms. The molecule has 0 bridgehead atoms. The second kappa shape index (κ2) is 12.0. The van der Waals surface area contributed by atoms with Gasteiger partial charge in [-0.1, -0.05) is 23.7 Å². The first-order valence-electron chi connectivity index (χ1n) is 11.9. The number of halogens is 3. The predicted molar refractivity (Wildman–Crippen MR) is 148 cm³/mol. The zero-order chi connectivity index (χ0) is 27.4. The summed E-state index contributed by atoms with van der Waals surface area (Å²) in [7, 11) is -2.56. The molecule has 202 valence electrons. The summed E-state index contributed by atoms with van der Waals surface area (Å²) in [6.45, 7) is 2.94. The summed E-state index contributed by atoms with van der Waals surface area (Å²) in [6.07, 6.45) is 1.08. The normalized spacial score (nSPS) is 14.4. The maximum absolute atomic E-state index is 13.9. The number of aryl methyl sites for hydroxylation is 1. The number of benzene rings is 3. The lowest BCUT2D eigenvalue weighted by atomic mass is 10.1. The molecule has 1 fully saturated rings. The molecule has 0 aromatic heterocycles. The number of methoxy groups -OCH3 is 1. The maximum Gasteiger partial charge on any atom is 0.261 e. The highest BCUT2D eigenvalue weighted by Crippen LogP contribution is 2.29. The average Bonchev–Trinajstić information content (AvgIpc) is 2.89. The van der Waals surface area contributed by atoms with Crippen LogP contribution in [0, 0.1) is 12.7 Å². The molecule has 0 aliphatic carbocycles. The van der Waals surface area contributed by atoms with Crippen LogP contribution >= 0.6 is 27.5 Å². The second-order valence-electron chi connectivity index (χ2n) is 9.00. The van der Waals surface area contributed by atoms with Gasteiger partial charge in [-0.05, 0) is 89.3 Å². The van der Waals surface area contributed by atoms with Crippen LogP contribution in [0.4, 0.5) is 10.1 Å². The molecule has 7 nitrogen and oxygen atoms in total. The minimum atomic E-state index is -3.97. The van der Waals surface area contributed by atoms with Gasteiger partial charge in [0, 0.05) is 17.6 Å². The molecule has 1 aliphatic heterocycles. The Kier molecular flexibility index (Phi) is 8.97. The minimum Gasteiger partial charge on any atom is -0.494 e. The highest BCUT2D eigenvalue weighted by molar-refractivity contribution is 9.10. The molecule has 1 heterocycles. The van der Waals surface area contributed by atoms with E-state index in [0.29, 0.717) is 41.7 Å². The molecule has 0 saturated carbocycles. The Morgan fingerprint density at radius 2 is 1.87 bits per heavy atom. The van der Waals surface area contributed by atoms with E-state index < -0.39 is 15.8 Å². The number of carbonyl (C=O) groups excluding carboxylic acids is 1. The fourth-order valence-electron chi connectivity index (χ4n) is 4.17. The van der Waals surface area contributed by atoms with Gasteiger partial charge in [0.2, 0.25) is 0 Å². The molecule has 0 atom stereocenters. The summed E-state index contributed by atoms with van der Waals surface area (Å²) in [6, 6.07) is 14.1. The Hall–Kier alpha value is -2.66. The lowest BCUT2D eigenvalue weighted by molar-refractivity contribution is -0.000477. The van der Waals surface area contributed by atoms with Crippen molar-refractivity contribution in [2.45, 2.75) is 37.4 Å². The summed E-state index contributed by atoms with van der Waals surface area (Å²) in [5.41, 5.74) is 2.09. The molecule has 0 radical (unpaired) electrons. The van der Waals surface area contributed by atoms with Crippen molar-refractivity contribution in [1.29, 1.82) is 0 Å². The number of carbonyl (C=O) groups is 1. The number of nitrogens with one attached hydrogen (secondary N) is 1. The lowest BCUT2D eigenvalue weighted by Crippen LogP contribution is -2.41. The van der Waals surface area contributed by atoms with E-state index in [9.17, 15) is 17.6 Å². The van der Waals surface area contributed by atoms with Crippen LogP contribution in [-0.2, 0) is 21.4 Å². The number of rotatable bonds is 8. The van der Waals surface area contributed by atoms with E-state index in [1.54, 1.807) is 29.2 Å². The first-order valence-corrected chi connectivity index (χ1v) is 14.5. The highest BCUT2D eigenvalue weighted by atomic mass is 79.9. The molecule has 3 aromatic carbocycles. The lowest BCUT2D eigenvalue weighted by Gasteiger charge is -2.32. The SMILES string of the molecule is COc1ccc(COC2CCN(C(=O)c3cc(S(=O)(=O)Nc4cc(C)ccc4Br)ccc3Cl)CC2)cc1F. The van der Waals surface area contributed by atoms with Crippen molar-refractivity contribution in [3.05, 3.63) is 86.6 Å². The van der Waals surface area contributed by atoms with Crippen molar-refractivity contribution >= 4 is 49.1 Å². The van der Waals surface area contributed by atoms with Crippen LogP contribution < -0.4 is 9.46 Å². The van der Waals surface area contributed by atoms with Gasteiger partial charge in [-0.2, -0.15) is 0 Å². The van der Waals surface area contributed by atoms with Crippen LogP contribution in [0.25, 0.3) is 0 Å². The van der Waals surface area contributed by atoms with Crippen LogP contribution in [0.5, 0.6) is 5.75 Å². The second-order valence-corrected chi connectivity index (χ2v) is 11.9. The molecule has 1 saturated heterocycles. The Labute approximate surface area is 235 Å². The number of sulfonamides is 1. The van der Waals surface area contributed by atoms with Crippen LogP contribution in [0.15, 0.2) is 64.0 Å². The number of piperidine rings is 1. The molecule has 1 amide bonds. The number of hydrogen-bond acceptors (Lipinski definition) is 5. The van der Waals surface area contributed by atoms with E-state index in [2.05, 4.69) is 20.7 Å². The fraction of sp³-hybridized carbons (Fsp3) is 0.296. The van der Waals surface area contributed by atoms with Gasteiger partial charge in [0.25, 0.3) is 15.9 Å². The number of anilines is 1. The summed E-state index contributed by atoms with van der Waals surface area (Å²) in [5.74, 6) is -0.619. The van der Waals surface area contributed by atoms with Crippen molar-refractivity contribution in [2.75, 3.05) is 24.9 Å². The number of hydrogen-bond donors (Lipinski definition) is 1. The van der Waals surface area contributed by atoms with Gasteiger partial charge in [0.15, 0.2) is 11.6 Å². The van der Waals surface area contributed by atoms with Gasteiger partial charge in [-0.15, -0.1) is 0 Å². The van der Waals surface area contributed by atoms with Crippen molar-refractivity contribution < 1.29 is 27.1 Å². The molecule has 1 aliphatic rings. The molecule has 38 heavy (non-hydrogen) atoms. The summed E-state index contributed by atoms with van der Waals surface area (Å²) in [4.78, 5) is 14.8. The quantitative estimate of drug-likeness (QED) is 0.323. The molecular weight excluding hydrogens is 599 g/mol. The third-order valence-corrected chi connectivity index (χ3v) is 8.66. The zero-order valence-electron chi connectivity index (χ0n) is 20.8. The molecular formula is C27H27BrClFN2O5S. The smallest absolute Gasteiger partial charge is 0.261 e. The van der Waals surface area contributed by atoms with Gasteiger partial charge in [-0.25, -0.2) is 12.8 Å². The number of nitrogens with zero attached hydrogens (tertiary/aromatic N) is 1. The highest BCUT2D eigenvalue weighted by Gasteiger charge is 2.27. The maximum atomic E-state index is 13.9. The molecule has 0 unspecified atom stereocenters. The first-order chi connectivity index (χ1) is 18.1. The largest absolute Gasteiger partial charge is 0.494 e. The standard InChI is InChI=1S/C27H27BrClFN2O5S/c1-17-3-6-22(28)25(13-17)31-38(34,35)20-5-7-23(29)21(15-20)27(33)32-11-9-19(10-12-32)37-16-18-4-8-26(36-2)24(30)14-18/h3-8,13-15,19,31H,9-12,16H2,1-2H3.